The lowest BCUT2D eigenvalue weighted by Gasteiger charge is -2.30. The molecule has 5 nitrogen and oxygen atoms in total. The molecule has 1 rings (SSSR count). The number of amides is 1. The lowest BCUT2D eigenvalue weighted by molar-refractivity contribution is -0.155. The van der Waals surface area contributed by atoms with Gasteiger partial charge >= 0.3 is 5.97 Å². The average molecular weight is 418 g/mol. The van der Waals surface area contributed by atoms with Gasteiger partial charge in [0.1, 0.15) is 11.8 Å². The minimum atomic E-state index is -0.705. The molecule has 168 valence electrons. The molecule has 0 saturated carbocycles. The summed E-state index contributed by atoms with van der Waals surface area (Å²) in [4.78, 5) is 38.7. The maximum absolute atomic E-state index is 12.8. The van der Waals surface area contributed by atoms with E-state index in [2.05, 4.69) is 6.92 Å². The summed E-state index contributed by atoms with van der Waals surface area (Å²) in [5.41, 5.74) is 0.965. The molecule has 0 spiro atoms. The Labute approximate surface area is 182 Å². The van der Waals surface area contributed by atoms with Crippen LogP contribution in [0.3, 0.4) is 0 Å². The molecule has 0 aliphatic rings. The third-order valence-corrected chi connectivity index (χ3v) is 5.18. The highest BCUT2D eigenvalue weighted by Crippen LogP contribution is 2.16. The summed E-state index contributed by atoms with van der Waals surface area (Å²) in [5.74, 6) is -0.888. The second-order valence-corrected chi connectivity index (χ2v) is 7.90. The number of unbranched alkanes of at least 4 members (excludes halogenated alkanes) is 7. The Morgan fingerprint density at radius 1 is 0.900 bits per heavy atom. The van der Waals surface area contributed by atoms with Crippen molar-refractivity contribution in [2.24, 2.45) is 0 Å². The predicted molar refractivity (Wildman–Crippen MR) is 120 cm³/mol. The molecule has 30 heavy (non-hydrogen) atoms. The molecule has 5 heteroatoms. The van der Waals surface area contributed by atoms with Crippen LogP contribution in [0.1, 0.15) is 84.1 Å². The van der Waals surface area contributed by atoms with Crippen LogP contribution in [0.5, 0.6) is 0 Å². The molecule has 0 heterocycles. The third kappa shape index (κ3) is 10.6. The van der Waals surface area contributed by atoms with Crippen molar-refractivity contribution >= 4 is 17.7 Å². The van der Waals surface area contributed by atoms with Gasteiger partial charge in [0.15, 0.2) is 0 Å². The number of hydrogen-bond donors (Lipinski definition) is 0. The molecule has 0 fully saturated rings. The molecule has 0 aliphatic heterocycles. The van der Waals surface area contributed by atoms with Gasteiger partial charge in [-0.1, -0.05) is 82.2 Å². The predicted octanol–water partition coefficient (Wildman–Crippen LogP) is 5.11. The molecule has 0 aliphatic carbocycles. The number of carbonyl (C=O) groups excluding carboxylic acids is 3. The summed E-state index contributed by atoms with van der Waals surface area (Å²) < 4.78 is 5.28. The molecular formula is C25H39NO4. The first-order valence-corrected chi connectivity index (χ1v) is 11.5. The van der Waals surface area contributed by atoms with E-state index in [0.29, 0.717) is 13.0 Å². The van der Waals surface area contributed by atoms with Crippen LogP contribution in [0, 0.1) is 0 Å². The van der Waals surface area contributed by atoms with Crippen LogP contribution in [0.25, 0.3) is 0 Å². The normalized spacial score (nSPS) is 11.7. The van der Waals surface area contributed by atoms with E-state index in [9.17, 15) is 14.4 Å². The minimum absolute atomic E-state index is 0.179. The number of carbonyl (C=O) groups is 3. The van der Waals surface area contributed by atoms with E-state index >= 15 is 0 Å². The molecule has 1 aromatic carbocycles. The average Bonchev–Trinajstić information content (AvgIpc) is 2.71. The Hall–Kier alpha value is -2.17. The Morgan fingerprint density at radius 3 is 2.07 bits per heavy atom. The van der Waals surface area contributed by atoms with E-state index in [4.69, 9.17) is 4.74 Å². The first-order valence-electron chi connectivity index (χ1n) is 11.5. The molecule has 0 aromatic heterocycles. The standard InChI is InChI=1S/C25H39NO4/c1-4-6-7-8-9-10-11-15-18-26(24(28)19-21(3)27)23(25(29)30-5-2)20-22-16-13-12-14-17-22/h12-14,16-17,23H,4-11,15,18-20H2,1-3H3/t23-/m0/s1. The zero-order valence-corrected chi connectivity index (χ0v) is 19.0. The van der Waals surface area contributed by atoms with Crippen molar-refractivity contribution in [2.75, 3.05) is 13.2 Å². The van der Waals surface area contributed by atoms with Crippen molar-refractivity contribution in [3.8, 4) is 0 Å². The highest BCUT2D eigenvalue weighted by molar-refractivity contribution is 5.98. The number of rotatable bonds is 16. The van der Waals surface area contributed by atoms with Crippen LogP contribution >= 0.6 is 0 Å². The SMILES string of the molecule is CCCCCCCCCCN(C(=O)CC(C)=O)[C@@H](Cc1ccccc1)C(=O)OCC. The molecule has 1 aromatic rings. The van der Waals surface area contributed by atoms with E-state index in [1.54, 1.807) is 11.8 Å². The van der Waals surface area contributed by atoms with Crippen LogP contribution in [0.4, 0.5) is 0 Å². The number of esters is 1. The monoisotopic (exact) mass is 417 g/mol. The summed E-state index contributed by atoms with van der Waals surface area (Å²) >= 11 is 0. The van der Waals surface area contributed by atoms with Gasteiger partial charge in [0, 0.05) is 13.0 Å². The molecule has 1 amide bonds. The van der Waals surface area contributed by atoms with E-state index < -0.39 is 12.0 Å². The maximum Gasteiger partial charge on any atom is 0.329 e. The summed E-state index contributed by atoms with van der Waals surface area (Å²) in [6.45, 7) is 6.11. The molecule has 0 bridgehead atoms. The lowest BCUT2D eigenvalue weighted by atomic mass is 10.0. The summed E-state index contributed by atoms with van der Waals surface area (Å²) in [5, 5.41) is 0. The topological polar surface area (TPSA) is 63.7 Å². The van der Waals surface area contributed by atoms with Crippen molar-refractivity contribution in [3.63, 3.8) is 0 Å². The Balaban J connectivity index is 2.79. The Morgan fingerprint density at radius 2 is 1.50 bits per heavy atom. The number of nitrogens with zero attached hydrogens (tertiary/aromatic N) is 1. The van der Waals surface area contributed by atoms with Crippen LogP contribution in [-0.4, -0.2) is 41.8 Å². The fourth-order valence-corrected chi connectivity index (χ4v) is 3.58. The maximum atomic E-state index is 12.8. The Kier molecular flexibility index (Phi) is 13.5. The summed E-state index contributed by atoms with van der Waals surface area (Å²) in [6, 6.07) is 8.92. The largest absolute Gasteiger partial charge is 0.464 e. The van der Waals surface area contributed by atoms with Crippen LogP contribution in [0.2, 0.25) is 0 Å². The molecular weight excluding hydrogens is 378 g/mol. The fraction of sp³-hybridized carbons (Fsp3) is 0.640. The molecule has 0 N–H and O–H groups in total. The van der Waals surface area contributed by atoms with Gasteiger partial charge in [-0.25, -0.2) is 4.79 Å². The highest BCUT2D eigenvalue weighted by Gasteiger charge is 2.31. The van der Waals surface area contributed by atoms with E-state index in [1.165, 1.54) is 39.0 Å². The number of benzene rings is 1. The third-order valence-electron chi connectivity index (χ3n) is 5.18. The molecule has 0 saturated heterocycles. The van der Waals surface area contributed by atoms with Gasteiger partial charge in [-0.05, 0) is 25.8 Å². The second-order valence-electron chi connectivity index (χ2n) is 7.90. The first kappa shape index (κ1) is 25.9. The molecule has 0 radical (unpaired) electrons. The Bertz CT molecular complexity index is 629. The van der Waals surface area contributed by atoms with Gasteiger partial charge in [0.25, 0.3) is 0 Å². The van der Waals surface area contributed by atoms with Crippen molar-refractivity contribution in [3.05, 3.63) is 35.9 Å². The van der Waals surface area contributed by atoms with Crippen LogP contribution in [-0.2, 0) is 25.5 Å². The first-order chi connectivity index (χ1) is 14.5. The lowest BCUT2D eigenvalue weighted by Crippen LogP contribution is -2.48. The van der Waals surface area contributed by atoms with E-state index in [0.717, 1.165) is 24.8 Å². The van der Waals surface area contributed by atoms with Crippen LogP contribution in [0.15, 0.2) is 30.3 Å². The molecule has 0 unspecified atom stereocenters. The number of ketones is 1. The molecule has 1 atom stereocenters. The zero-order chi connectivity index (χ0) is 22.2. The smallest absolute Gasteiger partial charge is 0.329 e. The van der Waals surface area contributed by atoms with Crippen molar-refractivity contribution < 1.29 is 19.1 Å². The van der Waals surface area contributed by atoms with E-state index in [1.807, 2.05) is 30.3 Å². The fourth-order valence-electron chi connectivity index (χ4n) is 3.58. The van der Waals surface area contributed by atoms with Crippen molar-refractivity contribution in [1.82, 2.24) is 4.90 Å². The summed E-state index contributed by atoms with van der Waals surface area (Å²) in [6.07, 6.45) is 9.43. The number of Topliss-reactive ketones (excluding diaryl/α,β-unsaturated/α-hetero) is 1. The van der Waals surface area contributed by atoms with Gasteiger partial charge in [0.05, 0.1) is 13.0 Å². The minimum Gasteiger partial charge on any atom is -0.464 e. The van der Waals surface area contributed by atoms with Crippen LogP contribution < -0.4 is 0 Å². The summed E-state index contributed by atoms with van der Waals surface area (Å²) in [7, 11) is 0. The number of ether oxygens (including phenoxy) is 1. The number of hydrogen-bond acceptors (Lipinski definition) is 4. The van der Waals surface area contributed by atoms with Gasteiger partial charge in [-0.15, -0.1) is 0 Å². The van der Waals surface area contributed by atoms with Crippen molar-refractivity contribution in [2.45, 2.75) is 91.0 Å². The second kappa shape index (κ2) is 15.6. The highest BCUT2D eigenvalue weighted by atomic mass is 16.5. The van der Waals surface area contributed by atoms with Gasteiger partial charge in [-0.2, -0.15) is 0 Å². The van der Waals surface area contributed by atoms with Gasteiger partial charge in [0.2, 0.25) is 5.91 Å². The van der Waals surface area contributed by atoms with Gasteiger partial charge < -0.3 is 9.64 Å². The van der Waals surface area contributed by atoms with Gasteiger partial charge in [-0.3, -0.25) is 9.59 Å². The van der Waals surface area contributed by atoms with Crippen molar-refractivity contribution in [1.29, 1.82) is 0 Å². The van der Waals surface area contributed by atoms with E-state index in [-0.39, 0.29) is 24.7 Å². The zero-order valence-electron chi connectivity index (χ0n) is 19.0. The quantitative estimate of drug-likeness (QED) is 0.213.